The van der Waals surface area contributed by atoms with Gasteiger partial charge in [-0.3, -0.25) is 9.69 Å². The molecule has 0 unspecified atom stereocenters. The predicted molar refractivity (Wildman–Crippen MR) is 84.2 cm³/mol. The number of nitrogens with one attached hydrogen (secondary N) is 1. The van der Waals surface area contributed by atoms with Crippen molar-refractivity contribution in [2.45, 2.75) is 33.2 Å². The molecule has 0 spiro atoms. The molecule has 2 saturated heterocycles. The number of hydrogen-bond donors (Lipinski definition) is 1. The average Bonchev–Trinajstić information content (AvgIpc) is 2.97. The fourth-order valence-electron chi connectivity index (χ4n) is 3.04. The fourth-order valence-corrected chi connectivity index (χ4v) is 3.04. The van der Waals surface area contributed by atoms with Crippen molar-refractivity contribution in [1.29, 1.82) is 0 Å². The van der Waals surface area contributed by atoms with Crippen LogP contribution in [0.25, 0.3) is 0 Å². The maximum atomic E-state index is 12.1. The molecule has 1 N–H and O–H groups in total. The first-order chi connectivity index (χ1) is 10.1. The lowest BCUT2D eigenvalue weighted by molar-refractivity contribution is -0.126. The Morgan fingerprint density at radius 3 is 2.52 bits per heavy atom. The van der Waals surface area contributed by atoms with Gasteiger partial charge in [-0.15, -0.1) is 0 Å². The van der Waals surface area contributed by atoms with E-state index in [1.54, 1.807) is 0 Å². The molecule has 5 nitrogen and oxygen atoms in total. The van der Waals surface area contributed by atoms with Crippen molar-refractivity contribution in [3.63, 3.8) is 0 Å². The van der Waals surface area contributed by atoms with Crippen molar-refractivity contribution in [2.75, 3.05) is 52.5 Å². The lowest BCUT2D eigenvalue weighted by Crippen LogP contribution is -2.54. The van der Waals surface area contributed by atoms with Crippen LogP contribution < -0.4 is 5.32 Å². The van der Waals surface area contributed by atoms with Crippen molar-refractivity contribution in [1.82, 2.24) is 15.1 Å². The Labute approximate surface area is 129 Å². The van der Waals surface area contributed by atoms with Crippen LogP contribution in [-0.4, -0.2) is 74.2 Å². The highest BCUT2D eigenvalue weighted by Gasteiger charge is 2.27. The minimum absolute atomic E-state index is 0.0132. The van der Waals surface area contributed by atoms with Gasteiger partial charge in [0, 0.05) is 45.9 Å². The van der Waals surface area contributed by atoms with Crippen molar-refractivity contribution in [3.8, 4) is 0 Å². The minimum Gasteiger partial charge on any atom is -0.381 e. The van der Waals surface area contributed by atoms with Gasteiger partial charge >= 0.3 is 0 Å². The number of carbonyl (C=O) groups is 1. The molecule has 0 aromatic rings. The normalized spacial score (nSPS) is 26.2. The molecule has 0 aromatic heterocycles. The summed E-state index contributed by atoms with van der Waals surface area (Å²) in [5.74, 6) is 1.39. The Bertz CT molecular complexity index is 321. The molecule has 2 aliphatic heterocycles. The highest BCUT2D eigenvalue weighted by atomic mass is 16.5. The molecule has 5 heteroatoms. The molecule has 0 aliphatic carbocycles. The van der Waals surface area contributed by atoms with Gasteiger partial charge in [0.05, 0.1) is 12.6 Å². The first-order valence-corrected chi connectivity index (χ1v) is 8.38. The summed E-state index contributed by atoms with van der Waals surface area (Å²) in [7, 11) is 0. The van der Waals surface area contributed by atoms with Gasteiger partial charge in [0.25, 0.3) is 0 Å². The summed E-state index contributed by atoms with van der Waals surface area (Å²) in [5, 5.41) is 3.04. The van der Waals surface area contributed by atoms with Gasteiger partial charge in [-0.1, -0.05) is 13.8 Å². The molecule has 0 radical (unpaired) electrons. The summed E-state index contributed by atoms with van der Waals surface area (Å²) in [5.41, 5.74) is 0. The summed E-state index contributed by atoms with van der Waals surface area (Å²) in [4.78, 5) is 16.9. The highest BCUT2D eigenvalue weighted by Crippen LogP contribution is 2.15. The second-order valence-electron chi connectivity index (χ2n) is 6.88. The molecule has 0 bridgehead atoms. The number of piperazine rings is 1. The summed E-state index contributed by atoms with van der Waals surface area (Å²) in [6.45, 7) is 14.2. The van der Waals surface area contributed by atoms with Gasteiger partial charge in [-0.2, -0.15) is 0 Å². The maximum Gasteiger partial charge on any atom is 0.237 e. The van der Waals surface area contributed by atoms with Crippen LogP contribution in [0, 0.1) is 11.8 Å². The smallest absolute Gasteiger partial charge is 0.237 e. The van der Waals surface area contributed by atoms with E-state index in [1.807, 2.05) is 6.92 Å². The maximum absolute atomic E-state index is 12.1. The minimum atomic E-state index is -0.0132. The van der Waals surface area contributed by atoms with E-state index in [0.717, 1.165) is 52.5 Å². The van der Waals surface area contributed by atoms with E-state index in [0.29, 0.717) is 11.8 Å². The molecular formula is C16H31N3O2. The second kappa shape index (κ2) is 8.11. The molecule has 122 valence electrons. The van der Waals surface area contributed by atoms with E-state index in [2.05, 4.69) is 29.0 Å². The molecular weight excluding hydrogens is 266 g/mol. The van der Waals surface area contributed by atoms with Crippen LogP contribution in [0.1, 0.15) is 27.2 Å². The number of hydrogen-bond acceptors (Lipinski definition) is 4. The Morgan fingerprint density at radius 1 is 1.24 bits per heavy atom. The van der Waals surface area contributed by atoms with Crippen LogP contribution in [0.15, 0.2) is 0 Å². The molecule has 2 atom stereocenters. The van der Waals surface area contributed by atoms with Crippen LogP contribution in [0.5, 0.6) is 0 Å². The van der Waals surface area contributed by atoms with Gasteiger partial charge in [-0.25, -0.2) is 0 Å². The van der Waals surface area contributed by atoms with Crippen molar-refractivity contribution < 1.29 is 9.53 Å². The molecule has 21 heavy (non-hydrogen) atoms. The second-order valence-corrected chi connectivity index (χ2v) is 6.88. The van der Waals surface area contributed by atoms with Gasteiger partial charge in [0.2, 0.25) is 5.91 Å². The zero-order chi connectivity index (χ0) is 15.2. The number of nitrogens with zero attached hydrogens (tertiary/aromatic N) is 2. The standard InChI is InChI=1S/C16H31N3O2/c1-13(2)10-17-16(20)14(3)19-7-5-18(6-8-19)11-15-4-9-21-12-15/h13-15H,4-12H2,1-3H3,(H,17,20)/t14-,15+/m1/s1. The Morgan fingerprint density at radius 2 is 1.95 bits per heavy atom. The third kappa shape index (κ3) is 5.24. The summed E-state index contributed by atoms with van der Waals surface area (Å²) >= 11 is 0. The zero-order valence-electron chi connectivity index (χ0n) is 13.8. The summed E-state index contributed by atoms with van der Waals surface area (Å²) in [6, 6.07) is -0.0132. The van der Waals surface area contributed by atoms with Crippen LogP contribution in [-0.2, 0) is 9.53 Å². The van der Waals surface area contributed by atoms with E-state index in [-0.39, 0.29) is 11.9 Å². The first kappa shape index (κ1) is 16.7. The third-order valence-corrected chi connectivity index (χ3v) is 4.56. The Balaban J connectivity index is 1.68. The monoisotopic (exact) mass is 297 g/mol. The van der Waals surface area contributed by atoms with Gasteiger partial charge < -0.3 is 15.0 Å². The molecule has 2 fully saturated rings. The van der Waals surface area contributed by atoms with Crippen LogP contribution in [0.2, 0.25) is 0 Å². The Hall–Kier alpha value is -0.650. The summed E-state index contributed by atoms with van der Waals surface area (Å²) in [6.07, 6.45) is 1.20. The van der Waals surface area contributed by atoms with Gasteiger partial charge in [-0.05, 0) is 25.2 Å². The number of amides is 1. The molecule has 1 amide bonds. The zero-order valence-corrected chi connectivity index (χ0v) is 13.8. The predicted octanol–water partition coefficient (Wildman–Crippen LogP) is 0.801. The number of carbonyl (C=O) groups excluding carboxylic acids is 1. The highest BCUT2D eigenvalue weighted by molar-refractivity contribution is 5.81. The number of rotatable bonds is 6. The van der Waals surface area contributed by atoms with E-state index < -0.39 is 0 Å². The quantitative estimate of drug-likeness (QED) is 0.788. The largest absolute Gasteiger partial charge is 0.381 e. The van der Waals surface area contributed by atoms with Crippen LogP contribution >= 0.6 is 0 Å². The topological polar surface area (TPSA) is 44.8 Å². The third-order valence-electron chi connectivity index (χ3n) is 4.56. The molecule has 2 heterocycles. The van der Waals surface area contributed by atoms with Gasteiger partial charge in [0.1, 0.15) is 0 Å². The van der Waals surface area contributed by atoms with Crippen molar-refractivity contribution in [3.05, 3.63) is 0 Å². The molecule has 0 aromatic carbocycles. The van der Waals surface area contributed by atoms with Crippen LogP contribution in [0.3, 0.4) is 0 Å². The van der Waals surface area contributed by atoms with Crippen LogP contribution in [0.4, 0.5) is 0 Å². The van der Waals surface area contributed by atoms with E-state index >= 15 is 0 Å². The molecule has 0 saturated carbocycles. The lowest BCUT2D eigenvalue weighted by Gasteiger charge is -2.38. The van der Waals surface area contributed by atoms with Gasteiger partial charge in [0.15, 0.2) is 0 Å². The SMILES string of the molecule is CC(C)CNC(=O)[C@@H](C)N1CCN(C[C@@H]2CCOC2)CC1. The first-order valence-electron chi connectivity index (χ1n) is 8.38. The lowest BCUT2D eigenvalue weighted by atomic mass is 10.1. The Kier molecular flexibility index (Phi) is 6.45. The number of ether oxygens (including phenoxy) is 1. The van der Waals surface area contributed by atoms with E-state index in [9.17, 15) is 4.79 Å². The van der Waals surface area contributed by atoms with Crippen molar-refractivity contribution in [2.24, 2.45) is 11.8 Å². The fraction of sp³-hybridized carbons (Fsp3) is 0.938. The van der Waals surface area contributed by atoms with Crippen molar-refractivity contribution >= 4 is 5.91 Å². The van der Waals surface area contributed by atoms with E-state index in [1.165, 1.54) is 6.42 Å². The molecule has 2 aliphatic rings. The summed E-state index contributed by atoms with van der Waals surface area (Å²) < 4.78 is 5.45. The molecule has 2 rings (SSSR count). The van der Waals surface area contributed by atoms with E-state index in [4.69, 9.17) is 4.74 Å². The average molecular weight is 297 g/mol.